The number of carboxylic acids is 1. The van der Waals surface area contributed by atoms with Gasteiger partial charge in [-0.3, -0.25) is 0 Å². The Kier molecular flexibility index (Phi) is 5.20. The first-order valence-electron chi connectivity index (χ1n) is 6.36. The average Bonchev–Trinajstić information content (AvgIpc) is 2.42. The van der Waals surface area contributed by atoms with Crippen LogP contribution in [0.3, 0.4) is 0 Å². The summed E-state index contributed by atoms with van der Waals surface area (Å²) in [5, 5.41) is 9.56. The third-order valence-corrected chi connectivity index (χ3v) is 3.51. The van der Waals surface area contributed by atoms with Crippen LogP contribution in [0.25, 0.3) is 0 Å². The number of benzene rings is 1. The molecule has 0 spiro atoms. The number of pyridine rings is 1. The maximum Gasteiger partial charge on any atom is 0.335 e. The van der Waals surface area contributed by atoms with Crippen LogP contribution in [0.1, 0.15) is 29.4 Å². The molecule has 0 fully saturated rings. The molecule has 1 aromatic carbocycles. The fraction of sp³-hybridized carbons (Fsp3) is 0.200. The second-order valence-corrected chi connectivity index (χ2v) is 5.74. The van der Waals surface area contributed by atoms with E-state index in [9.17, 15) is 4.79 Å². The summed E-state index contributed by atoms with van der Waals surface area (Å²) in [5.74, 6) is -0.360. The Labute approximate surface area is 135 Å². The molecule has 110 valence electrons. The van der Waals surface area contributed by atoms with Gasteiger partial charge in [0.05, 0.1) is 10.6 Å². The van der Waals surface area contributed by atoms with Crippen LogP contribution in [0.4, 0.5) is 0 Å². The van der Waals surface area contributed by atoms with Crippen molar-refractivity contribution in [2.75, 3.05) is 0 Å². The fourth-order valence-electron chi connectivity index (χ4n) is 1.79. The molecule has 0 aliphatic carbocycles. The maximum atomic E-state index is 11.2. The van der Waals surface area contributed by atoms with Gasteiger partial charge >= 0.3 is 5.97 Å². The molecule has 0 aliphatic rings. The number of halogens is 2. The number of rotatable bonds is 5. The first kappa shape index (κ1) is 15.8. The molecular weight excluding hydrogens is 358 g/mol. The van der Waals surface area contributed by atoms with E-state index in [-0.39, 0.29) is 11.4 Å². The van der Waals surface area contributed by atoms with Crippen molar-refractivity contribution in [1.82, 2.24) is 4.98 Å². The number of aromatic nitrogens is 1. The Balaban J connectivity index is 2.36. The number of hydrogen-bond acceptors (Lipinski definition) is 3. The van der Waals surface area contributed by atoms with Crippen molar-refractivity contribution in [2.24, 2.45) is 0 Å². The molecule has 0 saturated carbocycles. The molecule has 0 radical (unpaired) electrons. The molecule has 0 aliphatic heterocycles. The monoisotopic (exact) mass is 369 g/mol. The highest BCUT2D eigenvalue weighted by atomic mass is 79.9. The van der Waals surface area contributed by atoms with Crippen molar-refractivity contribution in [3.8, 4) is 11.6 Å². The number of aryl methyl sites for hydroxylation is 1. The zero-order chi connectivity index (χ0) is 15.4. The molecule has 1 heterocycles. The Morgan fingerprint density at radius 2 is 2.14 bits per heavy atom. The van der Waals surface area contributed by atoms with Gasteiger partial charge in [0.1, 0.15) is 5.75 Å². The van der Waals surface area contributed by atoms with Gasteiger partial charge in [0.25, 0.3) is 0 Å². The van der Waals surface area contributed by atoms with Crippen molar-refractivity contribution in [3.05, 3.63) is 51.1 Å². The van der Waals surface area contributed by atoms with Crippen molar-refractivity contribution >= 4 is 33.5 Å². The Hall–Kier alpha value is -1.59. The normalized spacial score (nSPS) is 10.4. The maximum absolute atomic E-state index is 11.2. The van der Waals surface area contributed by atoms with Crippen LogP contribution in [-0.2, 0) is 6.42 Å². The van der Waals surface area contributed by atoms with Crippen LogP contribution in [0.2, 0.25) is 5.02 Å². The largest absolute Gasteiger partial charge is 0.478 e. The third kappa shape index (κ3) is 4.19. The Morgan fingerprint density at radius 3 is 2.76 bits per heavy atom. The second-order valence-electron chi connectivity index (χ2n) is 4.42. The minimum atomic E-state index is -1.01. The van der Waals surface area contributed by atoms with Crippen LogP contribution in [-0.4, -0.2) is 16.1 Å². The first-order valence-corrected chi connectivity index (χ1v) is 7.54. The fourth-order valence-corrected chi connectivity index (χ4v) is 2.50. The highest BCUT2D eigenvalue weighted by Gasteiger charge is 2.11. The standard InChI is InChI=1S/C15H13BrClNO3/c1-2-3-11-6-9(15(19)20)7-14(18-11)21-13-5-4-10(16)8-12(13)17/h4-8H,2-3H2,1H3,(H,19,20). The molecule has 21 heavy (non-hydrogen) atoms. The number of nitrogens with zero attached hydrogens (tertiary/aromatic N) is 1. The van der Waals surface area contributed by atoms with Gasteiger partial charge < -0.3 is 9.84 Å². The molecule has 6 heteroatoms. The van der Waals surface area contributed by atoms with E-state index in [1.807, 2.05) is 6.92 Å². The van der Waals surface area contributed by atoms with Gasteiger partial charge in [-0.05, 0) is 30.7 Å². The highest BCUT2D eigenvalue weighted by molar-refractivity contribution is 9.10. The van der Waals surface area contributed by atoms with E-state index in [4.69, 9.17) is 21.4 Å². The Morgan fingerprint density at radius 1 is 1.38 bits per heavy atom. The van der Waals surface area contributed by atoms with Crippen molar-refractivity contribution in [1.29, 1.82) is 0 Å². The van der Waals surface area contributed by atoms with Crippen LogP contribution >= 0.6 is 27.5 Å². The lowest BCUT2D eigenvalue weighted by Gasteiger charge is -2.09. The minimum absolute atomic E-state index is 0.150. The molecule has 1 aromatic heterocycles. The van der Waals surface area contributed by atoms with E-state index in [2.05, 4.69) is 20.9 Å². The molecule has 0 amide bonds. The van der Waals surface area contributed by atoms with E-state index < -0.39 is 5.97 Å². The molecule has 2 rings (SSSR count). The smallest absolute Gasteiger partial charge is 0.335 e. The summed E-state index contributed by atoms with van der Waals surface area (Å²) in [6, 6.07) is 8.13. The zero-order valence-corrected chi connectivity index (χ0v) is 13.6. The molecule has 4 nitrogen and oxygen atoms in total. The third-order valence-electron chi connectivity index (χ3n) is 2.72. The van der Waals surface area contributed by atoms with Gasteiger partial charge in [-0.2, -0.15) is 0 Å². The zero-order valence-electron chi connectivity index (χ0n) is 11.3. The van der Waals surface area contributed by atoms with Crippen LogP contribution in [0, 0.1) is 0 Å². The summed E-state index contributed by atoms with van der Waals surface area (Å²) in [6.45, 7) is 2.00. The number of hydrogen-bond donors (Lipinski definition) is 1. The SMILES string of the molecule is CCCc1cc(C(=O)O)cc(Oc2ccc(Br)cc2Cl)n1. The predicted molar refractivity (Wildman–Crippen MR) is 84.4 cm³/mol. The lowest BCUT2D eigenvalue weighted by atomic mass is 10.1. The predicted octanol–water partition coefficient (Wildman–Crippen LogP) is 4.94. The van der Waals surface area contributed by atoms with Gasteiger partial charge in [0, 0.05) is 16.2 Å². The van der Waals surface area contributed by atoms with Crippen LogP contribution < -0.4 is 4.74 Å². The average molecular weight is 371 g/mol. The number of aromatic carboxylic acids is 1. The van der Waals surface area contributed by atoms with Gasteiger partial charge in [-0.1, -0.05) is 40.9 Å². The lowest BCUT2D eigenvalue weighted by molar-refractivity contribution is 0.0696. The number of ether oxygens (including phenoxy) is 1. The molecule has 1 N–H and O–H groups in total. The molecule has 2 aromatic rings. The first-order chi connectivity index (χ1) is 9.99. The van der Waals surface area contributed by atoms with Gasteiger partial charge in [-0.15, -0.1) is 0 Å². The quantitative estimate of drug-likeness (QED) is 0.810. The topological polar surface area (TPSA) is 59.4 Å². The molecule has 0 unspecified atom stereocenters. The lowest BCUT2D eigenvalue weighted by Crippen LogP contribution is -2.02. The highest BCUT2D eigenvalue weighted by Crippen LogP contribution is 2.31. The number of carbonyl (C=O) groups is 1. The number of carboxylic acid groups (broad SMARTS) is 1. The van der Waals surface area contributed by atoms with Gasteiger partial charge in [0.15, 0.2) is 0 Å². The molecule has 0 atom stereocenters. The summed E-state index contributed by atoms with van der Waals surface area (Å²) in [6.07, 6.45) is 1.56. The summed E-state index contributed by atoms with van der Waals surface area (Å²) in [7, 11) is 0. The second kappa shape index (κ2) is 6.91. The summed E-state index contributed by atoms with van der Waals surface area (Å²) < 4.78 is 6.45. The molecular formula is C15H13BrClNO3. The summed E-state index contributed by atoms with van der Waals surface area (Å²) in [5.41, 5.74) is 0.831. The summed E-state index contributed by atoms with van der Waals surface area (Å²) >= 11 is 9.39. The van der Waals surface area contributed by atoms with E-state index in [0.717, 1.165) is 10.9 Å². The van der Waals surface area contributed by atoms with Crippen molar-refractivity contribution in [2.45, 2.75) is 19.8 Å². The molecule has 0 bridgehead atoms. The van der Waals surface area contributed by atoms with E-state index in [1.165, 1.54) is 6.07 Å². The van der Waals surface area contributed by atoms with E-state index >= 15 is 0 Å². The van der Waals surface area contributed by atoms with Crippen molar-refractivity contribution < 1.29 is 14.6 Å². The van der Waals surface area contributed by atoms with Crippen LogP contribution in [0.5, 0.6) is 11.6 Å². The van der Waals surface area contributed by atoms with Gasteiger partial charge in [0.2, 0.25) is 5.88 Å². The van der Waals surface area contributed by atoms with Gasteiger partial charge in [-0.25, -0.2) is 9.78 Å². The van der Waals surface area contributed by atoms with Crippen LogP contribution in [0.15, 0.2) is 34.8 Å². The molecule has 0 saturated heterocycles. The van der Waals surface area contributed by atoms with E-state index in [0.29, 0.717) is 22.9 Å². The Bertz CT molecular complexity index is 676. The van der Waals surface area contributed by atoms with E-state index in [1.54, 1.807) is 24.3 Å². The minimum Gasteiger partial charge on any atom is -0.478 e. The summed E-state index contributed by atoms with van der Waals surface area (Å²) in [4.78, 5) is 15.5. The van der Waals surface area contributed by atoms with Crippen molar-refractivity contribution in [3.63, 3.8) is 0 Å².